The summed E-state index contributed by atoms with van der Waals surface area (Å²) in [7, 11) is 2.42. The number of hydrogen-bond acceptors (Lipinski definition) is 6. The number of halogens is 2. The Morgan fingerprint density at radius 1 is 1.00 bits per heavy atom. The maximum absolute atomic E-state index is 12.1. The Morgan fingerprint density at radius 2 is 1.45 bits per heavy atom. The van der Waals surface area contributed by atoms with E-state index in [0.29, 0.717) is 19.1 Å². The van der Waals surface area contributed by atoms with Crippen molar-refractivity contribution in [2.45, 2.75) is 58.5 Å². The number of carbonyl (C=O) groups excluding carboxylic acids is 3. The summed E-state index contributed by atoms with van der Waals surface area (Å²) in [6, 6.07) is 0. The van der Waals surface area contributed by atoms with Crippen LogP contribution in [0.4, 0.5) is 8.78 Å². The molecule has 6 nitrogen and oxygen atoms in total. The number of esters is 2. The van der Waals surface area contributed by atoms with Gasteiger partial charge in [0.1, 0.15) is 0 Å². The smallest absolute Gasteiger partial charge is 0.340 e. The third kappa shape index (κ3) is 16.5. The highest BCUT2D eigenvalue weighted by molar-refractivity contribution is 5.74. The predicted molar refractivity (Wildman–Crippen MR) is 76.8 cm³/mol. The molecule has 0 aromatic heterocycles. The highest BCUT2D eigenvalue weighted by Crippen LogP contribution is 1.97. The Bertz CT molecular complexity index is 277. The zero-order valence-electron chi connectivity index (χ0n) is 13.7. The van der Waals surface area contributed by atoms with E-state index < -0.39 is 30.4 Å². The van der Waals surface area contributed by atoms with Crippen molar-refractivity contribution in [2.75, 3.05) is 14.2 Å². The lowest BCUT2D eigenvalue weighted by Crippen LogP contribution is -2.20. The summed E-state index contributed by atoms with van der Waals surface area (Å²) >= 11 is 0. The largest absolute Gasteiger partial charge is 0.467 e. The minimum absolute atomic E-state index is 0.187. The second-order valence-corrected chi connectivity index (χ2v) is 3.91. The van der Waals surface area contributed by atoms with E-state index in [4.69, 9.17) is 5.11 Å². The van der Waals surface area contributed by atoms with Gasteiger partial charge in [-0.1, -0.05) is 20.8 Å². The molecule has 0 aliphatic heterocycles. The zero-order chi connectivity index (χ0) is 18.1. The summed E-state index contributed by atoms with van der Waals surface area (Å²) in [6.45, 7) is 4.92. The van der Waals surface area contributed by atoms with E-state index in [1.807, 2.05) is 0 Å². The Balaban J connectivity index is -0.000000249. The van der Waals surface area contributed by atoms with Gasteiger partial charge in [0.15, 0.2) is 24.7 Å². The monoisotopic (exact) mass is 328 g/mol. The summed E-state index contributed by atoms with van der Waals surface area (Å²) in [5.74, 6) is -1.35. The first-order chi connectivity index (χ1) is 10.2. The Kier molecular flexibility index (Phi) is 20.2. The number of hydrogen-bond donors (Lipinski definition) is 1. The van der Waals surface area contributed by atoms with Crippen molar-refractivity contribution in [3.63, 3.8) is 0 Å². The van der Waals surface area contributed by atoms with Crippen molar-refractivity contribution in [1.29, 1.82) is 0 Å². The van der Waals surface area contributed by atoms with Crippen LogP contribution in [0.15, 0.2) is 0 Å². The maximum Gasteiger partial charge on any atom is 0.340 e. The van der Waals surface area contributed by atoms with Gasteiger partial charge in [-0.3, -0.25) is 0 Å². The van der Waals surface area contributed by atoms with Gasteiger partial charge in [-0.15, -0.1) is 0 Å². The molecule has 22 heavy (non-hydrogen) atoms. The van der Waals surface area contributed by atoms with E-state index in [0.717, 1.165) is 0 Å². The summed E-state index contributed by atoms with van der Waals surface area (Å²) in [5.41, 5.74) is 0. The average molecular weight is 328 g/mol. The van der Waals surface area contributed by atoms with Gasteiger partial charge in [-0.25, -0.2) is 18.4 Å². The fourth-order valence-corrected chi connectivity index (χ4v) is 0.693. The molecular formula is C14H26F2O6. The SMILES string of the molecule is CCC(F)C(=O)OC.CCC(F)C=O.CCC(O)C(=O)OC. The van der Waals surface area contributed by atoms with Crippen LogP contribution in [0.5, 0.6) is 0 Å². The van der Waals surface area contributed by atoms with Crippen molar-refractivity contribution in [1.82, 2.24) is 0 Å². The highest BCUT2D eigenvalue weighted by atomic mass is 19.1. The third-order valence-corrected chi connectivity index (χ3v) is 2.21. The lowest BCUT2D eigenvalue weighted by Gasteiger charge is -2.01. The van der Waals surface area contributed by atoms with Crippen molar-refractivity contribution < 1.29 is 37.7 Å². The standard InChI is InChI=1S/C5H9FO2.C5H10O3.C4H7FO/c2*1-3-4(6)5(7)8-2;1-2-4(5)3-6/h4H,3H2,1-2H3;4,6H,3H2,1-2H3;3-4H,2H2,1H3. The topological polar surface area (TPSA) is 89.9 Å². The molecule has 0 saturated carbocycles. The first-order valence-corrected chi connectivity index (χ1v) is 6.82. The molecule has 0 fully saturated rings. The molecule has 0 aliphatic rings. The van der Waals surface area contributed by atoms with Gasteiger partial charge in [0, 0.05) is 0 Å². The van der Waals surface area contributed by atoms with Gasteiger partial charge in [-0.05, 0) is 19.3 Å². The third-order valence-electron chi connectivity index (χ3n) is 2.21. The van der Waals surface area contributed by atoms with Gasteiger partial charge < -0.3 is 19.4 Å². The summed E-state index contributed by atoms with van der Waals surface area (Å²) in [5, 5.41) is 8.65. The van der Waals surface area contributed by atoms with Crippen LogP contribution in [-0.4, -0.2) is 56.0 Å². The molecule has 0 spiro atoms. The lowest BCUT2D eigenvalue weighted by molar-refractivity contribution is -0.150. The van der Waals surface area contributed by atoms with Crippen molar-refractivity contribution in [3.05, 3.63) is 0 Å². The Morgan fingerprint density at radius 3 is 1.55 bits per heavy atom. The molecule has 0 bridgehead atoms. The van der Waals surface area contributed by atoms with E-state index in [2.05, 4.69) is 9.47 Å². The Hall–Kier alpha value is -1.57. The minimum atomic E-state index is -1.44. The molecule has 8 heteroatoms. The van der Waals surface area contributed by atoms with E-state index in [9.17, 15) is 23.2 Å². The van der Waals surface area contributed by atoms with Crippen LogP contribution in [0, 0.1) is 0 Å². The van der Waals surface area contributed by atoms with Crippen molar-refractivity contribution >= 4 is 18.2 Å². The molecule has 0 radical (unpaired) electrons. The highest BCUT2D eigenvalue weighted by Gasteiger charge is 2.13. The Labute approximate surface area is 129 Å². The van der Waals surface area contributed by atoms with Gasteiger partial charge in [0.25, 0.3) is 0 Å². The van der Waals surface area contributed by atoms with Crippen LogP contribution in [-0.2, 0) is 23.9 Å². The quantitative estimate of drug-likeness (QED) is 0.590. The summed E-state index contributed by atoms with van der Waals surface area (Å²) < 4.78 is 31.8. The number of alkyl halides is 2. The molecule has 0 aromatic rings. The molecule has 132 valence electrons. The van der Waals surface area contributed by atoms with Gasteiger partial charge in [-0.2, -0.15) is 0 Å². The fourth-order valence-electron chi connectivity index (χ4n) is 0.693. The molecule has 0 aromatic carbocycles. The number of rotatable bonds is 6. The second-order valence-electron chi connectivity index (χ2n) is 3.91. The van der Waals surface area contributed by atoms with Crippen LogP contribution in [0.25, 0.3) is 0 Å². The second kappa shape index (κ2) is 17.5. The molecule has 1 N–H and O–H groups in total. The first-order valence-electron chi connectivity index (χ1n) is 6.82. The van der Waals surface area contributed by atoms with Gasteiger partial charge >= 0.3 is 11.9 Å². The van der Waals surface area contributed by atoms with E-state index in [1.54, 1.807) is 20.8 Å². The van der Waals surface area contributed by atoms with Gasteiger partial charge in [0.2, 0.25) is 0 Å². The molecule has 0 heterocycles. The number of methoxy groups -OCH3 is 2. The van der Waals surface area contributed by atoms with Crippen LogP contribution in [0.1, 0.15) is 40.0 Å². The first kappa shape index (κ1) is 25.4. The zero-order valence-corrected chi connectivity index (χ0v) is 13.7. The minimum Gasteiger partial charge on any atom is -0.467 e. The number of ether oxygens (including phenoxy) is 2. The van der Waals surface area contributed by atoms with E-state index in [-0.39, 0.29) is 6.42 Å². The van der Waals surface area contributed by atoms with Crippen LogP contribution >= 0.6 is 0 Å². The molecule has 0 rings (SSSR count). The number of aliphatic hydroxyl groups is 1. The normalized spacial score (nSPS) is 13.1. The predicted octanol–water partition coefficient (Wildman–Crippen LogP) is 1.77. The maximum atomic E-state index is 12.1. The summed E-state index contributed by atoms with van der Waals surface area (Å²) in [4.78, 5) is 29.8. The number of carbonyl (C=O) groups is 3. The van der Waals surface area contributed by atoms with Crippen LogP contribution < -0.4 is 0 Å². The average Bonchev–Trinajstić information content (AvgIpc) is 2.58. The molecule has 0 saturated heterocycles. The number of aliphatic hydroxyl groups excluding tert-OH is 1. The molecule has 3 atom stereocenters. The van der Waals surface area contributed by atoms with Gasteiger partial charge in [0.05, 0.1) is 14.2 Å². The molecular weight excluding hydrogens is 302 g/mol. The van der Waals surface area contributed by atoms with E-state index in [1.165, 1.54) is 14.2 Å². The lowest BCUT2D eigenvalue weighted by atomic mass is 10.3. The van der Waals surface area contributed by atoms with Crippen molar-refractivity contribution in [2.24, 2.45) is 0 Å². The van der Waals surface area contributed by atoms with E-state index >= 15 is 0 Å². The fraction of sp³-hybridized carbons (Fsp3) is 0.786. The van der Waals surface area contributed by atoms with Crippen LogP contribution in [0.2, 0.25) is 0 Å². The molecule has 3 unspecified atom stereocenters. The summed E-state index contributed by atoms with van der Waals surface area (Å²) in [6.07, 6.45) is -2.44. The molecule has 0 amide bonds. The number of aldehydes is 1. The van der Waals surface area contributed by atoms with Crippen molar-refractivity contribution in [3.8, 4) is 0 Å². The molecule has 0 aliphatic carbocycles. The van der Waals surface area contributed by atoms with Crippen LogP contribution in [0.3, 0.4) is 0 Å².